The van der Waals surface area contributed by atoms with E-state index in [1.54, 1.807) is 0 Å². The third-order valence-corrected chi connectivity index (χ3v) is 9.10. The van der Waals surface area contributed by atoms with Crippen LogP contribution >= 0.6 is 12.4 Å². The van der Waals surface area contributed by atoms with Crippen LogP contribution in [-0.4, -0.2) is 26.2 Å². The van der Waals surface area contributed by atoms with Gasteiger partial charge in [0, 0.05) is 0 Å². The van der Waals surface area contributed by atoms with Crippen LogP contribution in [0.5, 0.6) is 0 Å². The molecule has 0 heterocycles. The predicted molar refractivity (Wildman–Crippen MR) is 207 cm³/mol. The molecule has 0 spiro atoms. The molecule has 49 heavy (non-hydrogen) atoms. The van der Waals surface area contributed by atoms with Gasteiger partial charge in [-0.25, -0.2) is 0 Å². The first kappa shape index (κ1) is 40.8. The van der Waals surface area contributed by atoms with Crippen LogP contribution in [0.4, 0.5) is 0 Å². The first-order valence-corrected chi connectivity index (χ1v) is 16.4. The number of methoxy groups -OCH3 is 2. The predicted octanol–water partition coefficient (Wildman–Crippen LogP) is 11.6. The zero-order chi connectivity index (χ0) is 32.1. The number of ether oxygens (including phenoxy) is 2. The smallest absolute Gasteiger partial charge is 0.313 e. The molecule has 0 N–H and O–H groups in total. The van der Waals surface area contributed by atoms with Crippen molar-refractivity contribution in [3.63, 3.8) is 0 Å². The molecule has 0 saturated carbocycles. The average molecular weight is 681 g/mol. The number of carbonyl (C=O) groups excluding carboxylic acids is 2. The third-order valence-electron chi connectivity index (χ3n) is 9.10. The van der Waals surface area contributed by atoms with Gasteiger partial charge in [0.1, 0.15) is 0 Å². The summed E-state index contributed by atoms with van der Waals surface area (Å²) in [5.41, 5.74) is 6.77. The van der Waals surface area contributed by atoms with Crippen LogP contribution in [0, 0.1) is 11.8 Å². The summed E-state index contributed by atoms with van der Waals surface area (Å²) in [6, 6.07) is 37.2. The van der Waals surface area contributed by atoms with Gasteiger partial charge in [0.25, 0.3) is 0 Å². The lowest BCUT2D eigenvalue weighted by Gasteiger charge is -2.25. The maximum atomic E-state index is 12.3. The summed E-state index contributed by atoms with van der Waals surface area (Å²) in [6.45, 7) is 0. The lowest BCUT2D eigenvalue weighted by atomic mass is 9.80. The summed E-state index contributed by atoms with van der Waals surface area (Å²) < 4.78 is 10.1. The van der Waals surface area contributed by atoms with E-state index in [1.807, 2.05) is 36.4 Å². The Kier molecular flexibility index (Phi) is 17.3. The summed E-state index contributed by atoms with van der Waals surface area (Å²) in [6.07, 6.45) is 15.3. The largest absolute Gasteiger partial charge is 0.469 e. The highest BCUT2D eigenvalue weighted by atomic mass is 35.5. The standard InChI is InChI=1S/2C21H22O2.2CH4.ClH/c2*1-23-21(22)20(18-10-6-3-7-11-18)19-14-12-17(13-15-19)16-8-4-2-5-9-16;;;/h2*2,4-6,8-10,12-15,18,20H,3,7,11H2,1H3;2*1H4;1H/t2*18-,20+;;;/m00.../s1. The summed E-state index contributed by atoms with van der Waals surface area (Å²) in [7, 11) is 2.94. The summed E-state index contributed by atoms with van der Waals surface area (Å²) in [5.74, 6) is -0.233. The number of benzene rings is 4. The molecule has 5 heteroatoms. The molecule has 4 aromatic carbocycles. The molecular formula is C44H53ClO4. The second-order valence-corrected chi connectivity index (χ2v) is 12.0. The number of halogens is 1. The SMILES string of the molecule is C.C.COC(=O)[C@@H](c1ccc(-c2ccccc2)cc1)[C@H]1C=CCCC1.COC(=O)[C@@H](c1ccc(-c2ccccc2)cc1)[C@H]1C=CCCC1.Cl. The van der Waals surface area contributed by atoms with Gasteiger partial charge in [0.05, 0.1) is 26.1 Å². The number of esters is 2. The van der Waals surface area contributed by atoms with E-state index in [-0.39, 0.29) is 62.9 Å². The Morgan fingerprint density at radius 1 is 0.531 bits per heavy atom. The van der Waals surface area contributed by atoms with Crippen molar-refractivity contribution in [2.75, 3.05) is 14.2 Å². The van der Waals surface area contributed by atoms with Crippen LogP contribution in [0.1, 0.15) is 76.3 Å². The highest BCUT2D eigenvalue weighted by Crippen LogP contribution is 2.36. The van der Waals surface area contributed by atoms with Crippen LogP contribution in [0.25, 0.3) is 22.3 Å². The molecule has 2 aliphatic rings. The van der Waals surface area contributed by atoms with Gasteiger partial charge < -0.3 is 9.47 Å². The van der Waals surface area contributed by atoms with Crippen molar-refractivity contribution in [1.82, 2.24) is 0 Å². The quantitative estimate of drug-likeness (QED) is 0.137. The average Bonchev–Trinajstić information content (AvgIpc) is 3.14. The molecule has 0 bridgehead atoms. The molecule has 0 aromatic heterocycles. The molecule has 0 amide bonds. The van der Waals surface area contributed by atoms with E-state index in [4.69, 9.17) is 9.47 Å². The van der Waals surface area contributed by atoms with Gasteiger partial charge in [0.15, 0.2) is 0 Å². The Balaban J connectivity index is 0.000000321. The highest BCUT2D eigenvalue weighted by molar-refractivity contribution is 5.85. The van der Waals surface area contributed by atoms with Gasteiger partial charge in [-0.05, 0) is 83.7 Å². The molecule has 0 radical (unpaired) electrons. The molecule has 260 valence electrons. The van der Waals surface area contributed by atoms with Crippen molar-refractivity contribution in [3.8, 4) is 22.3 Å². The van der Waals surface area contributed by atoms with Crippen LogP contribution < -0.4 is 0 Å². The van der Waals surface area contributed by atoms with Crippen molar-refractivity contribution >= 4 is 24.3 Å². The van der Waals surface area contributed by atoms with Crippen molar-refractivity contribution < 1.29 is 19.1 Å². The van der Waals surface area contributed by atoms with Crippen LogP contribution in [0.3, 0.4) is 0 Å². The molecule has 4 aromatic rings. The zero-order valence-corrected chi connectivity index (χ0v) is 28.1. The molecule has 0 fully saturated rings. The van der Waals surface area contributed by atoms with Gasteiger partial charge in [0.2, 0.25) is 0 Å². The van der Waals surface area contributed by atoms with Gasteiger partial charge in [-0.3, -0.25) is 9.59 Å². The minimum Gasteiger partial charge on any atom is -0.469 e. The molecule has 2 aliphatic carbocycles. The number of rotatable bonds is 8. The summed E-state index contributed by atoms with van der Waals surface area (Å²) in [4.78, 5) is 24.6. The molecule has 0 unspecified atom stereocenters. The fraction of sp³-hybridized carbons (Fsp3) is 0.318. The van der Waals surface area contributed by atoms with Crippen LogP contribution in [0.15, 0.2) is 133 Å². The maximum Gasteiger partial charge on any atom is 0.313 e. The van der Waals surface area contributed by atoms with Gasteiger partial charge >= 0.3 is 11.9 Å². The molecule has 4 nitrogen and oxygen atoms in total. The Morgan fingerprint density at radius 3 is 1.14 bits per heavy atom. The number of hydrogen-bond acceptors (Lipinski definition) is 4. The topological polar surface area (TPSA) is 52.6 Å². The normalized spacial score (nSPS) is 17.3. The first-order valence-electron chi connectivity index (χ1n) is 16.4. The van der Waals surface area contributed by atoms with E-state index in [9.17, 15) is 9.59 Å². The molecular weight excluding hydrogens is 628 g/mol. The van der Waals surface area contributed by atoms with E-state index < -0.39 is 0 Å². The van der Waals surface area contributed by atoms with E-state index >= 15 is 0 Å². The van der Waals surface area contributed by atoms with E-state index in [0.717, 1.165) is 60.8 Å². The van der Waals surface area contributed by atoms with Gasteiger partial charge in [-0.15, -0.1) is 12.4 Å². The second kappa shape index (κ2) is 20.8. The fourth-order valence-corrected chi connectivity index (χ4v) is 6.63. The zero-order valence-electron chi connectivity index (χ0n) is 27.3. The number of hydrogen-bond donors (Lipinski definition) is 0. The first-order chi connectivity index (χ1) is 22.6. The molecule has 4 atom stereocenters. The summed E-state index contributed by atoms with van der Waals surface area (Å²) >= 11 is 0. The second-order valence-electron chi connectivity index (χ2n) is 12.0. The molecule has 0 saturated heterocycles. The monoisotopic (exact) mass is 680 g/mol. The van der Waals surface area contributed by atoms with Crippen molar-refractivity contribution in [1.29, 1.82) is 0 Å². The van der Waals surface area contributed by atoms with Gasteiger partial charge in [-0.2, -0.15) is 0 Å². The Labute approximate surface area is 300 Å². The van der Waals surface area contributed by atoms with E-state index in [0.29, 0.717) is 0 Å². The van der Waals surface area contributed by atoms with E-state index in [1.165, 1.54) is 25.3 Å². The Morgan fingerprint density at radius 2 is 0.857 bits per heavy atom. The van der Waals surface area contributed by atoms with Gasteiger partial charge in [-0.1, -0.05) is 148 Å². The van der Waals surface area contributed by atoms with Crippen molar-refractivity contribution in [2.45, 2.75) is 65.2 Å². The molecule has 6 rings (SSSR count). The lowest BCUT2D eigenvalue weighted by molar-refractivity contribution is -0.144. The Hall–Kier alpha value is -4.41. The van der Waals surface area contributed by atoms with Crippen molar-refractivity contribution in [3.05, 3.63) is 145 Å². The number of allylic oxidation sites excluding steroid dienone is 4. The minimum atomic E-state index is -0.207. The van der Waals surface area contributed by atoms with Crippen LogP contribution in [-0.2, 0) is 19.1 Å². The van der Waals surface area contributed by atoms with E-state index in [2.05, 4.69) is 97.1 Å². The lowest BCUT2D eigenvalue weighted by Crippen LogP contribution is -2.23. The fourth-order valence-electron chi connectivity index (χ4n) is 6.63. The Bertz CT molecular complexity index is 1470. The maximum absolute atomic E-state index is 12.3. The summed E-state index contributed by atoms with van der Waals surface area (Å²) in [5, 5.41) is 0. The third kappa shape index (κ3) is 10.8. The number of carbonyl (C=O) groups is 2. The van der Waals surface area contributed by atoms with Crippen LogP contribution in [0.2, 0.25) is 0 Å². The van der Waals surface area contributed by atoms with Crippen molar-refractivity contribution in [2.24, 2.45) is 11.8 Å². The highest BCUT2D eigenvalue weighted by Gasteiger charge is 2.31. The minimum absolute atomic E-state index is 0. The molecule has 0 aliphatic heterocycles.